The van der Waals surface area contributed by atoms with E-state index in [2.05, 4.69) is 5.32 Å². The van der Waals surface area contributed by atoms with Gasteiger partial charge in [0.15, 0.2) is 0 Å². The van der Waals surface area contributed by atoms with Gasteiger partial charge >= 0.3 is 5.97 Å². The van der Waals surface area contributed by atoms with E-state index < -0.39 is 35.5 Å². The lowest BCUT2D eigenvalue weighted by molar-refractivity contribution is -0.144. The molecule has 0 saturated carbocycles. The second-order valence-corrected chi connectivity index (χ2v) is 4.41. The molecule has 3 N–H and O–H groups in total. The Bertz CT molecular complexity index is 611. The summed E-state index contributed by atoms with van der Waals surface area (Å²) in [4.78, 5) is 46.1. The van der Waals surface area contributed by atoms with Crippen molar-refractivity contribution >= 4 is 29.3 Å². The van der Waals surface area contributed by atoms with Crippen LogP contribution in [0.1, 0.15) is 18.4 Å². The normalized spacial score (nSPS) is 17.9. The molecular weight excluding hydrogens is 264 g/mol. The molecule has 7 heteroatoms. The number of carboxylic acids is 1. The lowest BCUT2D eigenvalue weighted by Gasteiger charge is -2.11. The van der Waals surface area contributed by atoms with Gasteiger partial charge in [0.05, 0.1) is 0 Å². The molecule has 0 spiro atoms. The predicted molar refractivity (Wildman–Crippen MR) is 68.1 cm³/mol. The summed E-state index contributed by atoms with van der Waals surface area (Å²) >= 11 is 0. The number of hydrogen-bond donors (Lipinski definition) is 3. The largest absolute Gasteiger partial charge is 0.480 e. The van der Waals surface area contributed by atoms with Crippen molar-refractivity contribution in [3.63, 3.8) is 0 Å². The van der Waals surface area contributed by atoms with Crippen LogP contribution in [0, 0.1) is 0 Å². The average molecular weight is 276 g/mol. The van der Waals surface area contributed by atoms with Gasteiger partial charge < -0.3 is 15.7 Å². The SMILES string of the molecule is CC(NC(=O)C(=O)C1C(=O)Nc2ccccc21)C(=O)O. The summed E-state index contributed by atoms with van der Waals surface area (Å²) in [5.74, 6) is -5.14. The van der Waals surface area contributed by atoms with E-state index in [0.717, 1.165) is 0 Å². The summed E-state index contributed by atoms with van der Waals surface area (Å²) in [5.41, 5.74) is 0.899. The molecule has 2 unspecified atom stereocenters. The zero-order valence-corrected chi connectivity index (χ0v) is 10.5. The van der Waals surface area contributed by atoms with Gasteiger partial charge in [-0.15, -0.1) is 0 Å². The van der Waals surface area contributed by atoms with Crippen LogP contribution in [-0.4, -0.2) is 34.7 Å². The zero-order chi connectivity index (χ0) is 14.9. The number of fused-ring (bicyclic) bond motifs is 1. The van der Waals surface area contributed by atoms with Gasteiger partial charge in [0.25, 0.3) is 5.91 Å². The highest BCUT2D eigenvalue weighted by Crippen LogP contribution is 2.32. The molecule has 0 radical (unpaired) electrons. The van der Waals surface area contributed by atoms with Gasteiger partial charge in [-0.1, -0.05) is 18.2 Å². The molecule has 1 aromatic carbocycles. The summed E-state index contributed by atoms with van der Waals surface area (Å²) in [6, 6.07) is 5.34. The molecule has 0 fully saturated rings. The number of anilines is 1. The van der Waals surface area contributed by atoms with Crippen LogP contribution < -0.4 is 10.6 Å². The lowest BCUT2D eigenvalue weighted by Crippen LogP contribution is -2.44. The minimum Gasteiger partial charge on any atom is -0.480 e. The maximum atomic E-state index is 12.0. The highest BCUT2D eigenvalue weighted by atomic mass is 16.4. The fraction of sp³-hybridized carbons (Fsp3) is 0.231. The van der Waals surface area contributed by atoms with Crippen molar-refractivity contribution in [2.75, 3.05) is 5.32 Å². The van der Waals surface area contributed by atoms with E-state index in [4.69, 9.17) is 5.11 Å². The molecule has 1 heterocycles. The number of carbonyl (C=O) groups is 4. The second-order valence-electron chi connectivity index (χ2n) is 4.41. The van der Waals surface area contributed by atoms with Crippen molar-refractivity contribution in [3.8, 4) is 0 Å². The molecular formula is C13H12N2O5. The number of hydrogen-bond acceptors (Lipinski definition) is 4. The molecule has 104 valence electrons. The third-order valence-corrected chi connectivity index (χ3v) is 3.00. The average Bonchev–Trinajstić information content (AvgIpc) is 2.73. The smallest absolute Gasteiger partial charge is 0.325 e. The van der Waals surface area contributed by atoms with E-state index in [0.29, 0.717) is 11.3 Å². The molecule has 0 aromatic heterocycles. The zero-order valence-electron chi connectivity index (χ0n) is 10.5. The fourth-order valence-electron chi connectivity index (χ4n) is 1.93. The maximum absolute atomic E-state index is 12.0. The minimum absolute atomic E-state index is 0.417. The lowest BCUT2D eigenvalue weighted by atomic mass is 9.95. The molecule has 1 aliphatic heterocycles. The standard InChI is InChI=1S/C13H12N2O5/c1-6(13(19)20)14-12(18)10(16)9-7-4-2-3-5-8(7)15-11(9)17/h2-6,9H,1H3,(H,14,18)(H,15,17)(H,19,20). The Morgan fingerprint density at radius 1 is 1.30 bits per heavy atom. The molecule has 2 amide bonds. The number of rotatable bonds is 4. The monoisotopic (exact) mass is 276 g/mol. The number of carboxylic acid groups (broad SMARTS) is 1. The van der Waals surface area contributed by atoms with Crippen molar-refractivity contribution in [3.05, 3.63) is 29.8 Å². The summed E-state index contributed by atoms with van der Waals surface area (Å²) in [6.07, 6.45) is 0. The minimum atomic E-state index is -1.26. The van der Waals surface area contributed by atoms with Crippen LogP contribution in [0.15, 0.2) is 24.3 Å². The first-order valence-corrected chi connectivity index (χ1v) is 5.89. The number of nitrogens with one attached hydrogen (secondary N) is 2. The number of Topliss-reactive ketones (excluding diaryl/α,β-unsaturated/α-hetero) is 1. The van der Waals surface area contributed by atoms with Crippen LogP contribution in [0.5, 0.6) is 0 Å². The predicted octanol–water partition coefficient (Wildman–Crippen LogP) is -0.119. The Morgan fingerprint density at radius 2 is 1.95 bits per heavy atom. The highest BCUT2D eigenvalue weighted by molar-refractivity contribution is 6.44. The Kier molecular flexibility index (Phi) is 3.51. The van der Waals surface area contributed by atoms with Crippen LogP contribution in [0.3, 0.4) is 0 Å². The van der Waals surface area contributed by atoms with E-state index in [9.17, 15) is 19.2 Å². The summed E-state index contributed by atoms with van der Waals surface area (Å²) in [7, 11) is 0. The van der Waals surface area contributed by atoms with Gasteiger partial charge in [0.1, 0.15) is 12.0 Å². The van der Waals surface area contributed by atoms with Gasteiger partial charge in [0.2, 0.25) is 11.7 Å². The molecule has 2 atom stereocenters. The van der Waals surface area contributed by atoms with Crippen molar-refractivity contribution in [2.24, 2.45) is 0 Å². The molecule has 7 nitrogen and oxygen atoms in total. The third-order valence-electron chi connectivity index (χ3n) is 3.00. The van der Waals surface area contributed by atoms with Crippen LogP contribution >= 0.6 is 0 Å². The van der Waals surface area contributed by atoms with Crippen molar-refractivity contribution in [1.29, 1.82) is 0 Å². The number of benzene rings is 1. The van der Waals surface area contributed by atoms with Crippen LogP contribution in [0.4, 0.5) is 5.69 Å². The van der Waals surface area contributed by atoms with E-state index in [1.807, 2.05) is 5.32 Å². The Hall–Kier alpha value is -2.70. The Balaban J connectivity index is 2.19. The van der Waals surface area contributed by atoms with E-state index in [1.165, 1.54) is 6.92 Å². The highest BCUT2D eigenvalue weighted by Gasteiger charge is 2.39. The first-order valence-electron chi connectivity index (χ1n) is 5.89. The quantitative estimate of drug-likeness (QED) is 0.524. The molecule has 0 aliphatic carbocycles. The van der Waals surface area contributed by atoms with Crippen LogP contribution in [0.2, 0.25) is 0 Å². The van der Waals surface area contributed by atoms with E-state index in [1.54, 1.807) is 24.3 Å². The third kappa shape index (κ3) is 2.37. The van der Waals surface area contributed by atoms with Crippen molar-refractivity contribution in [1.82, 2.24) is 5.32 Å². The molecule has 1 aromatic rings. The molecule has 20 heavy (non-hydrogen) atoms. The first-order chi connectivity index (χ1) is 9.41. The number of carbonyl (C=O) groups excluding carboxylic acids is 3. The first kappa shape index (κ1) is 13.7. The van der Waals surface area contributed by atoms with E-state index >= 15 is 0 Å². The summed E-state index contributed by atoms with van der Waals surface area (Å²) < 4.78 is 0. The van der Waals surface area contributed by atoms with Crippen molar-refractivity contribution < 1.29 is 24.3 Å². The second kappa shape index (κ2) is 5.12. The van der Waals surface area contributed by atoms with Gasteiger partial charge in [0, 0.05) is 5.69 Å². The molecule has 1 aliphatic rings. The Morgan fingerprint density at radius 3 is 2.60 bits per heavy atom. The van der Waals surface area contributed by atoms with Gasteiger partial charge in [-0.25, -0.2) is 0 Å². The van der Waals surface area contributed by atoms with Crippen molar-refractivity contribution in [2.45, 2.75) is 18.9 Å². The fourth-order valence-corrected chi connectivity index (χ4v) is 1.93. The maximum Gasteiger partial charge on any atom is 0.325 e. The summed E-state index contributed by atoms with van der Waals surface area (Å²) in [5, 5.41) is 13.2. The van der Waals surface area contributed by atoms with Crippen LogP contribution in [-0.2, 0) is 19.2 Å². The van der Waals surface area contributed by atoms with Gasteiger partial charge in [-0.3, -0.25) is 19.2 Å². The Labute approximate surface area is 114 Å². The summed E-state index contributed by atoms with van der Waals surface area (Å²) in [6.45, 7) is 1.23. The number of aliphatic carboxylic acids is 1. The molecule has 0 bridgehead atoms. The number of amides is 2. The van der Waals surface area contributed by atoms with E-state index in [-0.39, 0.29) is 0 Å². The van der Waals surface area contributed by atoms with Gasteiger partial charge in [-0.2, -0.15) is 0 Å². The number of para-hydroxylation sites is 1. The van der Waals surface area contributed by atoms with Gasteiger partial charge in [-0.05, 0) is 18.6 Å². The number of ketones is 1. The topological polar surface area (TPSA) is 113 Å². The molecule has 2 rings (SSSR count). The molecule has 0 saturated heterocycles. The van der Waals surface area contributed by atoms with Crippen LogP contribution in [0.25, 0.3) is 0 Å².